The molecule has 1 aromatic rings. The van der Waals surface area contributed by atoms with E-state index in [1.165, 1.54) is 18.6 Å². The number of nitrogens with one attached hydrogen (secondary N) is 2. The standard InChI is InChI=1S/C16H23N3O2S.HI/c1-16(6-3-7-22-16)10-19-15(17-2)18-9-12-4-5-13-14(8-12)21-11-20-13;/h4-5,8H,3,6-7,9-11H2,1-2H3,(H2,17,18,19);1H. The Balaban J connectivity index is 0.00000192. The molecule has 1 atom stereocenters. The fourth-order valence-electron chi connectivity index (χ4n) is 2.70. The monoisotopic (exact) mass is 449 g/mol. The summed E-state index contributed by atoms with van der Waals surface area (Å²) >= 11 is 2.05. The van der Waals surface area contributed by atoms with Gasteiger partial charge in [-0.15, -0.1) is 24.0 Å². The number of thioether (sulfide) groups is 1. The van der Waals surface area contributed by atoms with Gasteiger partial charge in [-0.25, -0.2) is 0 Å². The van der Waals surface area contributed by atoms with Gasteiger partial charge in [-0.05, 0) is 43.2 Å². The van der Waals surface area contributed by atoms with Gasteiger partial charge in [0.2, 0.25) is 6.79 Å². The zero-order valence-electron chi connectivity index (χ0n) is 13.6. The van der Waals surface area contributed by atoms with E-state index in [2.05, 4.69) is 22.5 Å². The van der Waals surface area contributed by atoms with Crippen LogP contribution in [0.1, 0.15) is 25.3 Å². The van der Waals surface area contributed by atoms with Gasteiger partial charge in [-0.3, -0.25) is 4.99 Å². The molecule has 0 radical (unpaired) electrons. The summed E-state index contributed by atoms with van der Waals surface area (Å²) in [6, 6.07) is 6.00. The average molecular weight is 449 g/mol. The lowest BCUT2D eigenvalue weighted by Gasteiger charge is -2.24. The normalized spacial score (nSPS) is 22.6. The number of nitrogens with zero attached hydrogens (tertiary/aromatic N) is 1. The van der Waals surface area contributed by atoms with Crippen molar-refractivity contribution in [3.8, 4) is 11.5 Å². The second kappa shape index (κ2) is 8.32. The molecule has 0 saturated carbocycles. The van der Waals surface area contributed by atoms with E-state index in [-0.39, 0.29) is 24.0 Å². The number of fused-ring (bicyclic) bond motifs is 1. The van der Waals surface area contributed by atoms with Gasteiger partial charge in [0.05, 0.1) is 0 Å². The van der Waals surface area contributed by atoms with Gasteiger partial charge in [-0.2, -0.15) is 11.8 Å². The molecule has 128 valence electrons. The van der Waals surface area contributed by atoms with E-state index in [1.54, 1.807) is 7.05 Å². The average Bonchev–Trinajstić information content (AvgIpc) is 3.16. The number of hydrogen-bond donors (Lipinski definition) is 2. The molecular formula is C16H24IN3O2S. The minimum atomic E-state index is 0. The van der Waals surface area contributed by atoms with Crippen LogP contribution < -0.4 is 20.1 Å². The molecule has 0 bridgehead atoms. The third-order valence-corrected chi connectivity index (χ3v) is 5.59. The lowest BCUT2D eigenvalue weighted by Crippen LogP contribution is -2.43. The van der Waals surface area contributed by atoms with Gasteiger partial charge in [0, 0.05) is 24.9 Å². The summed E-state index contributed by atoms with van der Waals surface area (Å²) in [5, 5.41) is 6.79. The molecular weight excluding hydrogens is 425 g/mol. The molecule has 0 aromatic heterocycles. The molecule has 1 saturated heterocycles. The van der Waals surface area contributed by atoms with Gasteiger partial charge in [0.15, 0.2) is 17.5 Å². The Hall–Kier alpha value is -0.830. The first-order valence-electron chi connectivity index (χ1n) is 7.66. The Bertz CT molecular complexity index is 562. The predicted molar refractivity (Wildman–Crippen MR) is 106 cm³/mol. The fourth-order valence-corrected chi connectivity index (χ4v) is 3.95. The van der Waals surface area contributed by atoms with Crippen LogP contribution in [0.2, 0.25) is 0 Å². The van der Waals surface area contributed by atoms with Crippen LogP contribution in [0, 0.1) is 0 Å². The van der Waals surface area contributed by atoms with Gasteiger partial charge in [0.25, 0.3) is 0 Å². The van der Waals surface area contributed by atoms with Crippen molar-refractivity contribution in [2.24, 2.45) is 4.99 Å². The number of halogens is 1. The van der Waals surface area contributed by atoms with E-state index in [4.69, 9.17) is 9.47 Å². The highest BCUT2D eigenvalue weighted by atomic mass is 127. The van der Waals surface area contributed by atoms with E-state index in [0.29, 0.717) is 18.1 Å². The first kappa shape index (κ1) is 18.5. The Morgan fingerprint density at radius 2 is 2.13 bits per heavy atom. The quantitative estimate of drug-likeness (QED) is 0.421. The summed E-state index contributed by atoms with van der Waals surface area (Å²) in [7, 11) is 1.80. The summed E-state index contributed by atoms with van der Waals surface area (Å²) in [5.41, 5.74) is 1.15. The molecule has 2 heterocycles. The summed E-state index contributed by atoms with van der Waals surface area (Å²) in [6.45, 7) is 4.28. The summed E-state index contributed by atoms with van der Waals surface area (Å²) in [5.74, 6) is 3.74. The van der Waals surface area contributed by atoms with Gasteiger partial charge in [0.1, 0.15) is 0 Å². The molecule has 3 rings (SSSR count). The van der Waals surface area contributed by atoms with Crippen molar-refractivity contribution in [2.45, 2.75) is 31.1 Å². The first-order chi connectivity index (χ1) is 10.7. The van der Waals surface area contributed by atoms with E-state index in [9.17, 15) is 0 Å². The van der Waals surface area contributed by atoms with E-state index >= 15 is 0 Å². The van der Waals surface area contributed by atoms with Crippen LogP contribution in [-0.2, 0) is 6.54 Å². The van der Waals surface area contributed by atoms with Crippen molar-refractivity contribution in [1.29, 1.82) is 0 Å². The second-order valence-corrected chi connectivity index (χ2v) is 7.55. The minimum Gasteiger partial charge on any atom is -0.454 e. The van der Waals surface area contributed by atoms with E-state index < -0.39 is 0 Å². The van der Waals surface area contributed by atoms with Gasteiger partial charge >= 0.3 is 0 Å². The van der Waals surface area contributed by atoms with E-state index in [0.717, 1.165) is 29.6 Å². The van der Waals surface area contributed by atoms with Crippen LogP contribution in [0.5, 0.6) is 11.5 Å². The smallest absolute Gasteiger partial charge is 0.231 e. The molecule has 1 fully saturated rings. The Morgan fingerprint density at radius 3 is 2.87 bits per heavy atom. The third-order valence-electron chi connectivity index (χ3n) is 4.05. The number of rotatable bonds is 4. The lowest BCUT2D eigenvalue weighted by atomic mass is 10.1. The first-order valence-corrected chi connectivity index (χ1v) is 8.64. The van der Waals surface area contributed by atoms with Crippen molar-refractivity contribution < 1.29 is 9.47 Å². The molecule has 2 aliphatic rings. The van der Waals surface area contributed by atoms with Crippen molar-refractivity contribution in [3.05, 3.63) is 23.8 Å². The lowest BCUT2D eigenvalue weighted by molar-refractivity contribution is 0.174. The molecule has 2 aliphatic heterocycles. The number of hydrogen-bond acceptors (Lipinski definition) is 4. The zero-order chi connectivity index (χ0) is 15.4. The summed E-state index contributed by atoms with van der Waals surface area (Å²) < 4.78 is 11.1. The molecule has 0 amide bonds. The van der Waals surface area contributed by atoms with Crippen LogP contribution in [0.25, 0.3) is 0 Å². The zero-order valence-corrected chi connectivity index (χ0v) is 16.7. The molecule has 1 aromatic carbocycles. The highest BCUT2D eigenvalue weighted by molar-refractivity contribution is 14.0. The van der Waals surface area contributed by atoms with Gasteiger partial charge < -0.3 is 20.1 Å². The Labute approximate surface area is 159 Å². The maximum Gasteiger partial charge on any atom is 0.231 e. The topological polar surface area (TPSA) is 54.9 Å². The number of aliphatic imine (C=N–C) groups is 1. The SMILES string of the molecule is CN=C(NCc1ccc2c(c1)OCO2)NCC1(C)CCCS1.I. The van der Waals surface area contributed by atoms with Crippen molar-refractivity contribution in [3.63, 3.8) is 0 Å². The van der Waals surface area contributed by atoms with Crippen molar-refractivity contribution in [2.75, 3.05) is 26.1 Å². The second-order valence-electron chi connectivity index (χ2n) is 5.87. The van der Waals surface area contributed by atoms with Gasteiger partial charge in [-0.1, -0.05) is 6.07 Å². The van der Waals surface area contributed by atoms with Crippen LogP contribution in [-0.4, -0.2) is 36.8 Å². The Morgan fingerprint density at radius 1 is 1.30 bits per heavy atom. The number of guanidine groups is 1. The van der Waals surface area contributed by atoms with Crippen LogP contribution in [0.3, 0.4) is 0 Å². The molecule has 23 heavy (non-hydrogen) atoms. The molecule has 0 aliphatic carbocycles. The maximum absolute atomic E-state index is 5.40. The highest BCUT2D eigenvalue weighted by Gasteiger charge is 2.29. The van der Waals surface area contributed by atoms with Crippen LogP contribution in [0.15, 0.2) is 23.2 Å². The van der Waals surface area contributed by atoms with Crippen LogP contribution >= 0.6 is 35.7 Å². The van der Waals surface area contributed by atoms with Crippen molar-refractivity contribution >= 4 is 41.7 Å². The predicted octanol–water partition coefficient (Wildman–Crippen LogP) is 2.98. The molecule has 1 unspecified atom stereocenters. The highest BCUT2D eigenvalue weighted by Crippen LogP contribution is 2.37. The minimum absolute atomic E-state index is 0. The number of benzene rings is 1. The molecule has 7 heteroatoms. The molecule has 2 N–H and O–H groups in total. The maximum atomic E-state index is 5.40. The fraction of sp³-hybridized carbons (Fsp3) is 0.562. The summed E-state index contributed by atoms with van der Waals surface area (Å²) in [4.78, 5) is 4.30. The third kappa shape index (κ3) is 4.82. The Kier molecular flexibility index (Phi) is 6.70. The van der Waals surface area contributed by atoms with Crippen LogP contribution in [0.4, 0.5) is 0 Å². The van der Waals surface area contributed by atoms with E-state index in [1.807, 2.05) is 30.0 Å². The molecule has 0 spiro atoms. The molecule has 5 nitrogen and oxygen atoms in total. The largest absolute Gasteiger partial charge is 0.454 e. The number of ether oxygens (including phenoxy) is 2. The summed E-state index contributed by atoms with van der Waals surface area (Å²) in [6.07, 6.45) is 2.58. The van der Waals surface area contributed by atoms with Crippen molar-refractivity contribution in [1.82, 2.24) is 10.6 Å².